The van der Waals surface area contributed by atoms with Crippen LogP contribution in [0.15, 0.2) is 29.2 Å². The van der Waals surface area contributed by atoms with Gasteiger partial charge in [-0.2, -0.15) is 0 Å². The Morgan fingerprint density at radius 1 is 1.44 bits per heavy atom. The summed E-state index contributed by atoms with van der Waals surface area (Å²) in [5.41, 5.74) is 0.0467. The van der Waals surface area contributed by atoms with E-state index in [1.807, 2.05) is 0 Å². The van der Waals surface area contributed by atoms with Gasteiger partial charge in [-0.3, -0.25) is 0 Å². The van der Waals surface area contributed by atoms with Crippen molar-refractivity contribution in [2.24, 2.45) is 0 Å². The molecule has 0 fully saturated rings. The van der Waals surface area contributed by atoms with E-state index in [1.165, 1.54) is 25.3 Å². The van der Waals surface area contributed by atoms with Crippen molar-refractivity contribution < 1.29 is 22.4 Å². The summed E-state index contributed by atoms with van der Waals surface area (Å²) in [6.45, 7) is 0. The van der Waals surface area contributed by atoms with Crippen molar-refractivity contribution in [3.63, 3.8) is 0 Å². The molecule has 1 rings (SSSR count). The van der Waals surface area contributed by atoms with Crippen molar-refractivity contribution >= 4 is 16.0 Å². The summed E-state index contributed by atoms with van der Waals surface area (Å²) in [6, 6.07) is 4.96. The number of ether oxygens (including phenoxy) is 1. The highest BCUT2D eigenvalue weighted by atomic mass is 32.2. The van der Waals surface area contributed by atoms with E-state index in [1.54, 1.807) is 0 Å². The van der Waals surface area contributed by atoms with Crippen LogP contribution in [0.3, 0.4) is 0 Å². The summed E-state index contributed by atoms with van der Waals surface area (Å²) in [4.78, 5) is 10.8. The molecule has 0 aromatic heterocycles. The number of nitrogens with zero attached hydrogens (tertiary/aromatic N) is 1. The molecular formula is C9H10FNO4S. The van der Waals surface area contributed by atoms with Crippen molar-refractivity contribution in [1.29, 1.82) is 0 Å². The highest BCUT2D eigenvalue weighted by molar-refractivity contribution is 7.89. The zero-order chi connectivity index (χ0) is 12.3. The third-order valence-electron chi connectivity index (χ3n) is 1.88. The highest BCUT2D eigenvalue weighted by Gasteiger charge is 2.21. The second kappa shape index (κ2) is 4.58. The van der Waals surface area contributed by atoms with Crippen LogP contribution in [0, 0.1) is 0 Å². The molecule has 0 saturated carbocycles. The maximum atomic E-state index is 12.7. The number of hydrogen-bond donors (Lipinski definition) is 0. The normalized spacial score (nSPS) is 11.5. The van der Waals surface area contributed by atoms with E-state index >= 15 is 0 Å². The minimum atomic E-state index is -4.18. The van der Waals surface area contributed by atoms with Gasteiger partial charge >= 0.3 is 5.97 Å². The topological polar surface area (TPSA) is 63.7 Å². The lowest BCUT2D eigenvalue weighted by molar-refractivity contribution is 0.0600. The molecule has 1 aromatic carbocycles. The Balaban J connectivity index is 3.24. The quantitative estimate of drug-likeness (QED) is 0.590. The number of hydrogen-bond acceptors (Lipinski definition) is 4. The lowest BCUT2D eigenvalue weighted by Crippen LogP contribution is -2.18. The van der Waals surface area contributed by atoms with Gasteiger partial charge in [0.2, 0.25) is 0 Å². The third kappa shape index (κ3) is 2.37. The Hall–Kier alpha value is -1.47. The summed E-state index contributed by atoms with van der Waals surface area (Å²) < 4.78 is 39.5. The fourth-order valence-corrected chi connectivity index (χ4v) is 1.86. The summed E-state index contributed by atoms with van der Waals surface area (Å²) in [5.74, 6) is -0.682. The molecule has 88 valence electrons. The smallest absolute Gasteiger partial charge is 0.337 e. The molecule has 16 heavy (non-hydrogen) atoms. The Bertz CT molecular complexity index is 498. The van der Waals surface area contributed by atoms with Crippen LogP contribution in [0.4, 0.5) is 4.48 Å². The first kappa shape index (κ1) is 12.6. The Labute approximate surface area is 92.4 Å². The van der Waals surface area contributed by atoms with E-state index in [4.69, 9.17) is 0 Å². The molecule has 0 aliphatic carbocycles. The van der Waals surface area contributed by atoms with Crippen molar-refractivity contribution in [1.82, 2.24) is 4.53 Å². The Kier molecular flexibility index (Phi) is 3.61. The van der Waals surface area contributed by atoms with Gasteiger partial charge in [-0.05, 0) is 22.7 Å². The number of sulfonamides is 1. The Morgan fingerprint density at radius 2 is 2.06 bits per heavy atom. The zero-order valence-electron chi connectivity index (χ0n) is 8.68. The molecule has 0 unspecified atom stereocenters. The van der Waals surface area contributed by atoms with Crippen LogP contribution in [0.2, 0.25) is 0 Å². The van der Waals surface area contributed by atoms with E-state index in [9.17, 15) is 17.7 Å². The Morgan fingerprint density at radius 3 is 2.56 bits per heavy atom. The first-order valence-corrected chi connectivity index (χ1v) is 5.66. The van der Waals surface area contributed by atoms with Crippen LogP contribution in [0.5, 0.6) is 0 Å². The number of rotatable bonds is 3. The van der Waals surface area contributed by atoms with Crippen LogP contribution in [0.1, 0.15) is 10.4 Å². The second-order valence-electron chi connectivity index (χ2n) is 2.92. The van der Waals surface area contributed by atoms with Gasteiger partial charge < -0.3 is 4.74 Å². The SMILES string of the molecule is COC(=O)c1cccc(S(=O)(=O)N(C)F)c1. The van der Waals surface area contributed by atoms with Gasteiger partial charge in [0.05, 0.1) is 17.6 Å². The second-order valence-corrected chi connectivity index (χ2v) is 4.84. The molecule has 0 bridgehead atoms. The van der Waals surface area contributed by atoms with Crippen LogP contribution >= 0.6 is 0 Å². The minimum absolute atomic E-state index is 0.0467. The molecule has 0 aliphatic heterocycles. The molecule has 7 heteroatoms. The lowest BCUT2D eigenvalue weighted by Gasteiger charge is -2.07. The molecule has 5 nitrogen and oxygen atoms in total. The van der Waals surface area contributed by atoms with Crippen molar-refractivity contribution in [3.05, 3.63) is 29.8 Å². The van der Waals surface area contributed by atoms with Gasteiger partial charge in [-0.1, -0.05) is 6.07 Å². The van der Waals surface area contributed by atoms with Crippen LogP contribution in [-0.2, 0) is 14.8 Å². The predicted molar refractivity (Wildman–Crippen MR) is 53.8 cm³/mol. The standard InChI is InChI=1S/C9H10FNO4S/c1-11(10)16(13,14)8-5-3-4-7(6-8)9(12)15-2/h3-6H,1-2H3. The van der Waals surface area contributed by atoms with E-state index in [2.05, 4.69) is 4.74 Å². The maximum Gasteiger partial charge on any atom is 0.337 e. The van der Waals surface area contributed by atoms with Crippen molar-refractivity contribution in [2.75, 3.05) is 14.2 Å². The van der Waals surface area contributed by atoms with Gasteiger partial charge in [0.1, 0.15) is 0 Å². The average molecular weight is 247 g/mol. The van der Waals surface area contributed by atoms with Gasteiger partial charge in [-0.15, -0.1) is 4.48 Å². The maximum absolute atomic E-state index is 12.7. The van der Waals surface area contributed by atoms with Gasteiger partial charge in [-0.25, -0.2) is 13.2 Å². The fraction of sp³-hybridized carbons (Fsp3) is 0.222. The largest absolute Gasteiger partial charge is 0.465 e. The van der Waals surface area contributed by atoms with Crippen molar-refractivity contribution in [3.8, 4) is 0 Å². The molecule has 0 amide bonds. The number of esters is 1. The molecular weight excluding hydrogens is 237 g/mol. The highest BCUT2D eigenvalue weighted by Crippen LogP contribution is 2.16. The fourth-order valence-electron chi connectivity index (χ4n) is 1.05. The average Bonchev–Trinajstić information content (AvgIpc) is 2.28. The van der Waals surface area contributed by atoms with E-state index in [-0.39, 0.29) is 10.5 Å². The molecule has 0 aliphatic rings. The molecule has 0 atom stereocenters. The molecule has 1 aromatic rings. The van der Waals surface area contributed by atoms with Crippen molar-refractivity contribution in [2.45, 2.75) is 4.90 Å². The molecule has 0 spiro atoms. The number of halogens is 1. The van der Waals surface area contributed by atoms with Crippen LogP contribution < -0.4 is 0 Å². The monoisotopic (exact) mass is 247 g/mol. The number of carbonyl (C=O) groups excluding carboxylic acids is 1. The van der Waals surface area contributed by atoms with E-state index < -0.39 is 20.5 Å². The molecule has 0 radical (unpaired) electrons. The first-order chi connectivity index (χ1) is 7.39. The van der Waals surface area contributed by atoms with Crippen LogP contribution in [0.25, 0.3) is 0 Å². The molecule has 0 N–H and O–H groups in total. The van der Waals surface area contributed by atoms with Gasteiger partial charge in [0.15, 0.2) is 0 Å². The van der Waals surface area contributed by atoms with Gasteiger partial charge in [0.25, 0.3) is 10.0 Å². The van der Waals surface area contributed by atoms with Gasteiger partial charge in [0, 0.05) is 7.05 Å². The lowest BCUT2D eigenvalue weighted by atomic mass is 10.2. The molecule has 0 saturated heterocycles. The van der Waals surface area contributed by atoms with E-state index in [0.717, 1.165) is 13.1 Å². The van der Waals surface area contributed by atoms with Crippen LogP contribution in [-0.4, -0.2) is 33.1 Å². The summed E-state index contributed by atoms with van der Waals surface area (Å²) in [7, 11) is -2.25. The number of carbonyl (C=O) groups is 1. The number of benzene rings is 1. The predicted octanol–water partition coefficient (Wildman–Crippen LogP) is 0.978. The minimum Gasteiger partial charge on any atom is -0.465 e. The first-order valence-electron chi connectivity index (χ1n) is 4.22. The zero-order valence-corrected chi connectivity index (χ0v) is 9.49. The third-order valence-corrected chi connectivity index (χ3v) is 3.40. The summed E-state index contributed by atoms with van der Waals surface area (Å²) >= 11 is 0. The summed E-state index contributed by atoms with van der Waals surface area (Å²) in [5, 5.41) is 0. The molecule has 0 heterocycles. The summed E-state index contributed by atoms with van der Waals surface area (Å²) in [6.07, 6.45) is 0. The van der Waals surface area contributed by atoms with E-state index in [0.29, 0.717) is 0 Å². The number of methoxy groups -OCH3 is 1.